The van der Waals surface area contributed by atoms with E-state index in [2.05, 4.69) is 18.7 Å². The maximum Gasteiger partial charge on any atom is 0.0815 e. The summed E-state index contributed by atoms with van der Waals surface area (Å²) in [4.78, 5) is 3.74. The molecule has 1 aliphatic heterocycles. The van der Waals surface area contributed by atoms with Crippen molar-refractivity contribution < 1.29 is 0 Å². The molecule has 0 amide bonds. The molecule has 15 heavy (non-hydrogen) atoms. The zero-order chi connectivity index (χ0) is 10.8. The summed E-state index contributed by atoms with van der Waals surface area (Å²) in [7, 11) is 0. The van der Waals surface area contributed by atoms with Crippen molar-refractivity contribution in [3.63, 3.8) is 0 Å². The van der Waals surface area contributed by atoms with Crippen molar-refractivity contribution >= 4 is 17.2 Å². The fourth-order valence-corrected chi connectivity index (χ4v) is 3.81. The molecular formula is C13H23NS. The first-order valence-corrected chi connectivity index (χ1v) is 6.91. The van der Waals surface area contributed by atoms with Crippen molar-refractivity contribution in [2.24, 2.45) is 11.8 Å². The molecule has 0 aromatic carbocycles. The zero-order valence-corrected chi connectivity index (χ0v) is 10.9. The van der Waals surface area contributed by atoms with Crippen molar-refractivity contribution in [3.8, 4) is 0 Å². The smallest absolute Gasteiger partial charge is 0.0815 e. The van der Waals surface area contributed by atoms with E-state index >= 15 is 0 Å². The van der Waals surface area contributed by atoms with Crippen LogP contribution in [0.25, 0.3) is 0 Å². The van der Waals surface area contributed by atoms with Crippen LogP contribution in [0.3, 0.4) is 0 Å². The SMILES string of the molecule is CC(C)N1CCC2CCCCCC2C1=S. The first-order chi connectivity index (χ1) is 7.20. The Morgan fingerprint density at radius 1 is 1.13 bits per heavy atom. The Labute approximate surface area is 99.2 Å². The van der Waals surface area contributed by atoms with Gasteiger partial charge in [0.2, 0.25) is 0 Å². The second-order valence-electron chi connectivity index (χ2n) is 5.42. The lowest BCUT2D eigenvalue weighted by Crippen LogP contribution is -2.47. The molecule has 0 spiro atoms. The van der Waals surface area contributed by atoms with Gasteiger partial charge in [0.25, 0.3) is 0 Å². The lowest BCUT2D eigenvalue weighted by atomic mass is 9.81. The van der Waals surface area contributed by atoms with Gasteiger partial charge >= 0.3 is 0 Å². The molecular weight excluding hydrogens is 202 g/mol. The maximum atomic E-state index is 5.69. The molecule has 2 atom stereocenters. The fraction of sp³-hybridized carbons (Fsp3) is 0.923. The normalized spacial score (nSPS) is 32.7. The Bertz CT molecular complexity index is 237. The Balaban J connectivity index is 2.08. The molecule has 0 aromatic heterocycles. The quantitative estimate of drug-likeness (QED) is 0.627. The molecule has 0 N–H and O–H groups in total. The third kappa shape index (κ3) is 2.35. The number of likely N-dealkylation sites (tertiary alicyclic amines) is 1. The van der Waals surface area contributed by atoms with Gasteiger partial charge < -0.3 is 4.90 Å². The summed E-state index contributed by atoms with van der Waals surface area (Å²) in [5.41, 5.74) is 0. The monoisotopic (exact) mass is 225 g/mol. The third-order valence-corrected chi connectivity index (χ3v) is 4.66. The highest BCUT2D eigenvalue weighted by atomic mass is 32.1. The number of thiocarbonyl (C=S) groups is 1. The zero-order valence-electron chi connectivity index (χ0n) is 10.0. The van der Waals surface area contributed by atoms with Gasteiger partial charge in [-0.15, -0.1) is 0 Å². The summed E-state index contributed by atoms with van der Waals surface area (Å²) in [5, 5.41) is 0. The van der Waals surface area contributed by atoms with Crippen LogP contribution in [0.5, 0.6) is 0 Å². The van der Waals surface area contributed by atoms with Crippen LogP contribution in [-0.4, -0.2) is 22.5 Å². The Kier molecular flexibility index (Phi) is 3.65. The fourth-order valence-electron chi connectivity index (χ4n) is 3.20. The van der Waals surface area contributed by atoms with Crippen LogP contribution >= 0.6 is 12.2 Å². The van der Waals surface area contributed by atoms with Crippen molar-refractivity contribution in [2.45, 2.75) is 58.4 Å². The van der Waals surface area contributed by atoms with Crippen LogP contribution in [0, 0.1) is 11.8 Å². The number of nitrogens with zero attached hydrogens (tertiary/aromatic N) is 1. The molecule has 2 aliphatic rings. The summed E-state index contributed by atoms with van der Waals surface area (Å²) >= 11 is 5.69. The second-order valence-corrected chi connectivity index (χ2v) is 5.84. The summed E-state index contributed by atoms with van der Waals surface area (Å²) in [6.07, 6.45) is 8.42. The predicted octanol–water partition coefficient (Wildman–Crippen LogP) is 3.62. The summed E-state index contributed by atoms with van der Waals surface area (Å²) in [6, 6.07) is 0.599. The molecule has 0 radical (unpaired) electrons. The van der Waals surface area contributed by atoms with E-state index in [-0.39, 0.29) is 0 Å². The van der Waals surface area contributed by atoms with Crippen molar-refractivity contribution in [1.29, 1.82) is 0 Å². The Morgan fingerprint density at radius 2 is 1.87 bits per heavy atom. The number of fused-ring (bicyclic) bond motifs is 1. The predicted molar refractivity (Wildman–Crippen MR) is 69.1 cm³/mol. The van der Waals surface area contributed by atoms with E-state index in [0.29, 0.717) is 6.04 Å². The Morgan fingerprint density at radius 3 is 2.60 bits per heavy atom. The molecule has 1 nitrogen and oxygen atoms in total. The van der Waals surface area contributed by atoms with Gasteiger partial charge in [0.1, 0.15) is 0 Å². The standard InChI is InChI=1S/C13H23NS/c1-10(2)14-9-8-11-6-4-3-5-7-12(11)13(14)15/h10-12H,3-9H2,1-2H3. The van der Waals surface area contributed by atoms with E-state index in [1.807, 2.05) is 0 Å². The molecule has 1 heterocycles. The van der Waals surface area contributed by atoms with E-state index < -0.39 is 0 Å². The van der Waals surface area contributed by atoms with Crippen LogP contribution < -0.4 is 0 Å². The molecule has 1 saturated carbocycles. The maximum absolute atomic E-state index is 5.69. The highest BCUT2D eigenvalue weighted by molar-refractivity contribution is 7.80. The van der Waals surface area contributed by atoms with Gasteiger partial charge in [-0.3, -0.25) is 0 Å². The summed E-state index contributed by atoms with van der Waals surface area (Å²) in [5.74, 6) is 1.65. The number of hydrogen-bond acceptors (Lipinski definition) is 1. The van der Waals surface area contributed by atoms with Gasteiger partial charge in [0.05, 0.1) is 4.99 Å². The van der Waals surface area contributed by atoms with Gasteiger partial charge in [0, 0.05) is 18.5 Å². The average molecular weight is 225 g/mol. The second kappa shape index (κ2) is 4.82. The molecule has 2 unspecified atom stereocenters. The van der Waals surface area contributed by atoms with Gasteiger partial charge in [-0.05, 0) is 39.0 Å². The number of piperidine rings is 1. The molecule has 2 heteroatoms. The van der Waals surface area contributed by atoms with E-state index in [1.54, 1.807) is 0 Å². The van der Waals surface area contributed by atoms with Crippen molar-refractivity contribution in [3.05, 3.63) is 0 Å². The minimum atomic E-state index is 0.599. The first-order valence-electron chi connectivity index (χ1n) is 6.50. The van der Waals surface area contributed by atoms with Crippen molar-refractivity contribution in [1.82, 2.24) is 4.90 Å². The van der Waals surface area contributed by atoms with Gasteiger partial charge in [-0.2, -0.15) is 0 Å². The van der Waals surface area contributed by atoms with Crippen LogP contribution in [0.1, 0.15) is 52.4 Å². The van der Waals surface area contributed by atoms with Crippen LogP contribution in [0.2, 0.25) is 0 Å². The van der Waals surface area contributed by atoms with Gasteiger partial charge in [-0.1, -0.05) is 31.5 Å². The van der Waals surface area contributed by atoms with E-state index in [4.69, 9.17) is 12.2 Å². The Hall–Kier alpha value is -0.110. The molecule has 2 fully saturated rings. The van der Waals surface area contributed by atoms with E-state index in [1.165, 1.54) is 50.1 Å². The number of rotatable bonds is 1. The largest absolute Gasteiger partial charge is 0.363 e. The lowest BCUT2D eigenvalue weighted by Gasteiger charge is -2.42. The van der Waals surface area contributed by atoms with Crippen LogP contribution in [0.4, 0.5) is 0 Å². The highest BCUT2D eigenvalue weighted by Crippen LogP contribution is 2.36. The van der Waals surface area contributed by atoms with E-state index in [0.717, 1.165) is 11.8 Å². The summed E-state index contributed by atoms with van der Waals surface area (Å²) < 4.78 is 0. The van der Waals surface area contributed by atoms with Crippen LogP contribution in [-0.2, 0) is 0 Å². The highest BCUT2D eigenvalue weighted by Gasteiger charge is 2.34. The van der Waals surface area contributed by atoms with E-state index in [9.17, 15) is 0 Å². The van der Waals surface area contributed by atoms with Gasteiger partial charge in [-0.25, -0.2) is 0 Å². The molecule has 86 valence electrons. The minimum Gasteiger partial charge on any atom is -0.363 e. The molecule has 0 bridgehead atoms. The lowest BCUT2D eigenvalue weighted by molar-refractivity contribution is 0.224. The molecule has 2 rings (SSSR count). The average Bonchev–Trinajstić information content (AvgIpc) is 2.43. The first kappa shape index (κ1) is 11.4. The molecule has 1 saturated heterocycles. The van der Waals surface area contributed by atoms with Gasteiger partial charge in [0.15, 0.2) is 0 Å². The minimum absolute atomic E-state index is 0.599. The van der Waals surface area contributed by atoms with Crippen molar-refractivity contribution in [2.75, 3.05) is 6.54 Å². The summed E-state index contributed by atoms with van der Waals surface area (Å²) in [6.45, 7) is 5.74. The van der Waals surface area contributed by atoms with Crippen LogP contribution in [0.15, 0.2) is 0 Å². The topological polar surface area (TPSA) is 3.24 Å². The number of hydrogen-bond donors (Lipinski definition) is 0. The third-order valence-electron chi connectivity index (χ3n) is 4.12. The molecule has 0 aromatic rings. The molecule has 1 aliphatic carbocycles.